The Morgan fingerprint density at radius 1 is 1.28 bits per heavy atom. The molecule has 0 bridgehead atoms. The highest BCUT2D eigenvalue weighted by atomic mass is 35.5. The van der Waals surface area contributed by atoms with Crippen LogP contribution >= 0.6 is 35.0 Å². The zero-order valence-electron chi connectivity index (χ0n) is 15.1. The number of likely N-dealkylation sites (N-methyl/N-ethyl adjacent to an activating group) is 1. The van der Waals surface area contributed by atoms with Crippen molar-refractivity contribution in [1.82, 2.24) is 5.32 Å². The van der Waals surface area contributed by atoms with E-state index in [9.17, 15) is 19.2 Å². The SMILES string of the molecule is CNC(=O)/C(C#N)=C1\SC(Cc2cc(Cl)ccc2Cl)C(=O)N1c1ccc(F)cc1. The van der Waals surface area contributed by atoms with Crippen molar-refractivity contribution in [3.8, 4) is 6.07 Å². The lowest BCUT2D eigenvalue weighted by molar-refractivity contribution is -0.117. The molecule has 2 amide bonds. The van der Waals surface area contributed by atoms with Crippen molar-refractivity contribution >= 4 is 52.5 Å². The predicted octanol–water partition coefficient (Wildman–Crippen LogP) is 4.30. The number of rotatable bonds is 4. The number of anilines is 1. The molecule has 1 unspecified atom stereocenters. The first-order valence-electron chi connectivity index (χ1n) is 8.42. The number of benzene rings is 2. The van der Waals surface area contributed by atoms with Crippen LogP contribution in [-0.4, -0.2) is 24.1 Å². The summed E-state index contributed by atoms with van der Waals surface area (Å²) in [5.74, 6) is -1.42. The van der Waals surface area contributed by atoms with E-state index in [2.05, 4.69) is 5.32 Å². The van der Waals surface area contributed by atoms with Crippen LogP contribution in [0.2, 0.25) is 10.0 Å². The number of carbonyl (C=O) groups is 2. The van der Waals surface area contributed by atoms with Crippen LogP contribution in [0.4, 0.5) is 10.1 Å². The minimum absolute atomic E-state index is 0.187. The summed E-state index contributed by atoms with van der Waals surface area (Å²) in [6, 6.07) is 12.1. The third-order valence-corrected chi connectivity index (χ3v) is 6.10. The van der Waals surface area contributed by atoms with Gasteiger partial charge >= 0.3 is 0 Å². The smallest absolute Gasteiger partial charge is 0.264 e. The van der Waals surface area contributed by atoms with E-state index in [0.717, 1.165) is 11.8 Å². The first kappa shape index (κ1) is 21.2. The highest BCUT2D eigenvalue weighted by Crippen LogP contribution is 2.42. The Kier molecular flexibility index (Phi) is 6.48. The van der Waals surface area contributed by atoms with Gasteiger partial charge in [-0.3, -0.25) is 14.5 Å². The number of nitriles is 1. The van der Waals surface area contributed by atoms with Crippen molar-refractivity contribution < 1.29 is 14.0 Å². The van der Waals surface area contributed by atoms with Gasteiger partial charge in [0.05, 0.1) is 5.25 Å². The van der Waals surface area contributed by atoms with Crippen molar-refractivity contribution in [2.24, 2.45) is 0 Å². The van der Waals surface area contributed by atoms with Gasteiger partial charge in [0.15, 0.2) is 0 Å². The van der Waals surface area contributed by atoms with Gasteiger partial charge in [0.25, 0.3) is 5.91 Å². The van der Waals surface area contributed by atoms with E-state index in [4.69, 9.17) is 23.2 Å². The van der Waals surface area contributed by atoms with Crippen LogP contribution in [0.5, 0.6) is 0 Å². The second-order valence-electron chi connectivity index (χ2n) is 6.07. The standard InChI is InChI=1S/C20H14Cl2FN3O2S/c1-25-18(27)15(10-24)20-26(14-5-3-13(23)4-6-14)19(28)17(29-20)9-11-8-12(21)2-7-16(11)22/h2-8,17H,9H2,1H3,(H,25,27)/b20-15-. The summed E-state index contributed by atoms with van der Waals surface area (Å²) in [5.41, 5.74) is 0.828. The predicted molar refractivity (Wildman–Crippen MR) is 112 cm³/mol. The highest BCUT2D eigenvalue weighted by molar-refractivity contribution is 8.05. The van der Waals surface area contributed by atoms with E-state index < -0.39 is 17.0 Å². The molecule has 0 saturated carbocycles. The summed E-state index contributed by atoms with van der Waals surface area (Å²) in [7, 11) is 1.40. The molecule has 29 heavy (non-hydrogen) atoms. The molecule has 1 saturated heterocycles. The van der Waals surface area contributed by atoms with E-state index in [1.807, 2.05) is 6.07 Å². The third kappa shape index (κ3) is 4.40. The molecular formula is C20H14Cl2FN3O2S. The van der Waals surface area contributed by atoms with Crippen molar-refractivity contribution in [3.63, 3.8) is 0 Å². The monoisotopic (exact) mass is 449 g/mol. The minimum Gasteiger partial charge on any atom is -0.354 e. The van der Waals surface area contributed by atoms with Gasteiger partial charge in [-0.1, -0.05) is 35.0 Å². The Morgan fingerprint density at radius 2 is 1.97 bits per heavy atom. The van der Waals surface area contributed by atoms with Crippen LogP contribution in [0.3, 0.4) is 0 Å². The largest absolute Gasteiger partial charge is 0.354 e. The molecule has 0 aromatic heterocycles. The van der Waals surface area contributed by atoms with Crippen molar-refractivity contribution in [2.45, 2.75) is 11.7 Å². The van der Waals surface area contributed by atoms with Crippen LogP contribution < -0.4 is 10.2 Å². The maximum Gasteiger partial charge on any atom is 0.264 e. The fourth-order valence-corrected chi connectivity index (χ4v) is 4.52. The second kappa shape index (κ2) is 8.87. The van der Waals surface area contributed by atoms with Crippen molar-refractivity contribution in [1.29, 1.82) is 5.26 Å². The van der Waals surface area contributed by atoms with Gasteiger partial charge in [-0.2, -0.15) is 5.26 Å². The quantitative estimate of drug-likeness (QED) is 0.557. The van der Waals surface area contributed by atoms with E-state index in [0.29, 0.717) is 21.3 Å². The molecule has 0 spiro atoms. The number of halogens is 3. The second-order valence-corrected chi connectivity index (χ2v) is 8.10. The Bertz CT molecular complexity index is 1050. The van der Waals surface area contributed by atoms with Gasteiger partial charge in [-0.15, -0.1) is 0 Å². The van der Waals surface area contributed by atoms with E-state index in [-0.39, 0.29) is 22.9 Å². The fourth-order valence-electron chi connectivity index (χ4n) is 2.84. The van der Waals surface area contributed by atoms with Crippen LogP contribution in [0.15, 0.2) is 53.1 Å². The molecule has 1 atom stereocenters. The molecular weight excluding hydrogens is 436 g/mol. The molecule has 0 radical (unpaired) electrons. The Balaban J connectivity index is 2.06. The molecule has 9 heteroatoms. The minimum atomic E-state index is -0.640. The van der Waals surface area contributed by atoms with Gasteiger partial charge in [0.1, 0.15) is 22.5 Å². The van der Waals surface area contributed by atoms with Crippen LogP contribution in [-0.2, 0) is 16.0 Å². The van der Waals surface area contributed by atoms with E-state index in [1.54, 1.807) is 18.2 Å². The molecule has 1 heterocycles. The average molecular weight is 450 g/mol. The molecule has 5 nitrogen and oxygen atoms in total. The Morgan fingerprint density at radius 3 is 2.59 bits per heavy atom. The van der Waals surface area contributed by atoms with E-state index in [1.165, 1.54) is 36.2 Å². The Labute approximate surface area is 181 Å². The van der Waals surface area contributed by atoms with Crippen molar-refractivity contribution in [2.75, 3.05) is 11.9 Å². The summed E-state index contributed by atoms with van der Waals surface area (Å²) in [6.45, 7) is 0. The average Bonchev–Trinajstić information content (AvgIpc) is 3.01. The third-order valence-electron chi connectivity index (χ3n) is 4.23. The number of thioether (sulfide) groups is 1. The van der Waals surface area contributed by atoms with Crippen LogP contribution in [0, 0.1) is 17.1 Å². The number of hydrogen-bond acceptors (Lipinski definition) is 4. The number of nitrogens with one attached hydrogen (secondary N) is 1. The maximum atomic E-state index is 13.4. The zero-order chi connectivity index (χ0) is 21.1. The fraction of sp³-hybridized carbons (Fsp3) is 0.150. The number of nitrogens with zero attached hydrogens (tertiary/aromatic N) is 2. The topological polar surface area (TPSA) is 73.2 Å². The first-order chi connectivity index (χ1) is 13.8. The number of carbonyl (C=O) groups excluding carboxylic acids is 2. The summed E-state index contributed by atoms with van der Waals surface area (Å²) >= 11 is 13.4. The lowest BCUT2D eigenvalue weighted by Gasteiger charge is -2.18. The molecule has 1 N–H and O–H groups in total. The molecule has 1 fully saturated rings. The lowest BCUT2D eigenvalue weighted by atomic mass is 10.1. The van der Waals surface area contributed by atoms with Gasteiger partial charge in [-0.05, 0) is 54.4 Å². The summed E-state index contributed by atoms with van der Waals surface area (Å²) < 4.78 is 13.4. The molecule has 1 aliphatic rings. The molecule has 148 valence electrons. The van der Waals surface area contributed by atoms with Crippen LogP contribution in [0.1, 0.15) is 5.56 Å². The van der Waals surface area contributed by atoms with Gasteiger partial charge < -0.3 is 5.32 Å². The normalized spacial score (nSPS) is 17.8. The summed E-state index contributed by atoms with van der Waals surface area (Å²) in [6.07, 6.45) is 0.247. The summed E-state index contributed by atoms with van der Waals surface area (Å²) in [5, 5.41) is 12.4. The lowest BCUT2D eigenvalue weighted by Crippen LogP contribution is -2.31. The number of hydrogen-bond donors (Lipinski definition) is 1. The molecule has 0 aliphatic carbocycles. The van der Waals surface area contributed by atoms with Gasteiger partial charge in [0.2, 0.25) is 5.91 Å². The van der Waals surface area contributed by atoms with Crippen molar-refractivity contribution in [3.05, 3.63) is 74.5 Å². The Hall–Kier alpha value is -2.53. The maximum absolute atomic E-state index is 13.4. The molecule has 2 aromatic carbocycles. The summed E-state index contributed by atoms with van der Waals surface area (Å²) in [4.78, 5) is 26.6. The van der Waals surface area contributed by atoms with E-state index >= 15 is 0 Å². The molecule has 3 rings (SSSR count). The van der Waals surface area contributed by atoms with Gasteiger partial charge in [0, 0.05) is 22.8 Å². The van der Waals surface area contributed by atoms with Crippen LogP contribution in [0.25, 0.3) is 0 Å². The number of amides is 2. The molecule has 1 aliphatic heterocycles. The first-order valence-corrected chi connectivity index (χ1v) is 10.1. The zero-order valence-corrected chi connectivity index (χ0v) is 17.4. The molecule has 2 aromatic rings. The van der Waals surface area contributed by atoms with Gasteiger partial charge in [-0.25, -0.2) is 4.39 Å². The highest BCUT2D eigenvalue weighted by Gasteiger charge is 2.41.